The molecule has 6 aromatic carbocycles. The quantitative estimate of drug-likeness (QED) is 0.0497. The first-order valence-corrected chi connectivity index (χ1v) is 51.4. The number of aliphatic hydroxyl groups excluding tert-OH is 5. The summed E-state index contributed by atoms with van der Waals surface area (Å²) in [6, 6.07) is 40.5. The van der Waals surface area contributed by atoms with Crippen molar-refractivity contribution in [3.05, 3.63) is 258 Å². The summed E-state index contributed by atoms with van der Waals surface area (Å²) in [5, 5.41) is 68.8. The number of hydrogen-bond donors (Lipinski definition) is 11. The van der Waals surface area contributed by atoms with Crippen LogP contribution >= 0.6 is 15.9 Å². The summed E-state index contributed by atoms with van der Waals surface area (Å²) in [6.07, 6.45) is 15.2. The number of aromatic nitrogens is 5. The molecule has 744 valence electrons. The van der Waals surface area contributed by atoms with E-state index in [0.717, 1.165) is 130 Å². The monoisotopic (exact) mass is 1990 g/mol. The Balaban J connectivity index is 0.000000102. The number of carbonyl (C=O) groups is 5. The third-order valence-electron chi connectivity index (χ3n) is 35.7. The Bertz CT molecular complexity index is 6640. The zero-order chi connectivity index (χ0) is 98.9. The van der Waals surface area contributed by atoms with Gasteiger partial charge in [0.1, 0.15) is 23.9 Å². The SMILES string of the molecule is COC(=O)C1=CN2CCc3c([nH]c4c(F)cccc34)[C@@H]2[C@@H]2[C@@H](C)[C@@H](O)C[C@H]12.COC(=O)C1=CN2CCc3c([nH]c4ccc(Br)cc34)[C@@H]2[C@@H]2[C@@H](C)[C@@H](O)C[C@H]12.COC(=O)C1=CN2CCc3c([nH]c4ccc(C)cc34)[C@@H]2[C@@H]2[C@@H](C)[C@@H](O)C[C@H]12.COC(=O)C1=CN2CCc3c([nH]c4ccc(O)cc34)[C@@H]2[C@@H]2[C@@H](C)[C@@H](O)C[C@H]12.COC(=O)C1=CN2CCc3c([nH]c4ccc(OCc5ccccc5)cc34)[C@@H]2[C@@H]2[C@@H](C)[C@@H](O)C[C@H]12. The summed E-state index contributed by atoms with van der Waals surface area (Å²) in [6.45, 7) is 17.3. The number of phenolic OH excluding ortho intramolecular Hbond substituents is 1. The highest BCUT2D eigenvalue weighted by molar-refractivity contribution is 9.10. The van der Waals surface area contributed by atoms with Crippen LogP contribution in [0, 0.1) is 102 Å². The van der Waals surface area contributed by atoms with Crippen LogP contribution in [0.1, 0.15) is 164 Å². The minimum Gasteiger partial charge on any atom is -0.508 e. The van der Waals surface area contributed by atoms with Gasteiger partial charge in [-0.25, -0.2) is 28.4 Å². The molecule has 11 aromatic rings. The number of nitrogens with one attached hydrogen (secondary N) is 5. The van der Waals surface area contributed by atoms with Crippen molar-refractivity contribution in [3.63, 3.8) is 0 Å². The number of nitrogens with zero attached hydrogens (tertiary/aromatic N) is 5. The van der Waals surface area contributed by atoms with E-state index in [2.05, 4.69) is 161 Å². The number of methoxy groups -OCH3 is 5. The van der Waals surface area contributed by atoms with E-state index in [0.29, 0.717) is 66.5 Å². The van der Waals surface area contributed by atoms with Gasteiger partial charge >= 0.3 is 29.8 Å². The van der Waals surface area contributed by atoms with Crippen LogP contribution in [0.2, 0.25) is 0 Å². The molecule has 0 bridgehead atoms. The van der Waals surface area contributed by atoms with Crippen LogP contribution in [0.5, 0.6) is 11.5 Å². The number of rotatable bonds is 8. The highest BCUT2D eigenvalue weighted by Gasteiger charge is 2.60. The number of aryl methyl sites for hydroxylation is 1. The Kier molecular flexibility index (Phi) is 24.9. The molecule has 10 aliphatic heterocycles. The van der Waals surface area contributed by atoms with Crippen LogP contribution in [-0.4, -0.2) is 209 Å². The van der Waals surface area contributed by atoms with E-state index in [4.69, 9.17) is 28.4 Å². The standard InChI is InChI=1S/C28H30N2O4.C22H26N2O3.C21H23BrN2O3.C21H23FN2O3.C21H24N2O4/c1-16-24(31)13-21-22(28(32)33-2)14-30-11-10-19-20-12-18(34-15-17-6-4-3-5-7-17)8-9-23(20)29-26(19)27(30)25(16)21;1-11-4-5-17-14(8-11)13-6-7-24-10-16(22(26)27-3)15-9-18(25)12(2)19(15)21(24)20(13)23-17;1-10-17(25)8-14-15(21(26)27-2)9-24-6-5-12-13-7-11(22)3-4-16(13)23-19(12)20(24)18(10)14;1-10-16(25)8-13-14(21(26)27-2)9-24-7-6-12-11-4-3-5-15(22)18(11)23-19(12)20(24)17(10)13;1-10-17(25)8-14-15(21(26)27-2)9-23-6-5-12-13-7-11(24)3-4-16(13)22-19(12)20(23)18(10)14/h3-9,12,14,16,21,24-25,27,29,31H,10-11,13,15H2,1-2H3;4-5,8,10,12,15,18-19,21,23,25H,6-7,9H2,1-3H3;3-4,7,9-10,14,17-18,20,23,25H,5-6,8H2,1-2H3;3-5,9-10,13,16-17,20,23,25H,6-8H2,1-2H3;3-4,7,9-10,14,17-18,20,22,24-25H,5-6,8H2,1-2H3/t16-,21+,24-,25+,27-;12-,15+,18-,19+,21-;10-,14+,17-,18+,20-;10-,13+,16-,17+,20-;10-,14+,17-,18+,20-/m00000/s1. The molecule has 0 radical (unpaired) electrons. The second kappa shape index (κ2) is 37.2. The van der Waals surface area contributed by atoms with E-state index in [1.165, 1.54) is 108 Å². The number of halogens is 2. The Morgan fingerprint density at radius 3 is 1.04 bits per heavy atom. The van der Waals surface area contributed by atoms with Crippen LogP contribution in [0.4, 0.5) is 4.39 Å². The molecule has 5 fully saturated rings. The Labute approximate surface area is 831 Å². The predicted octanol–water partition coefficient (Wildman–Crippen LogP) is 16.3. The summed E-state index contributed by atoms with van der Waals surface area (Å²) >= 11 is 3.59. The van der Waals surface area contributed by atoms with Crippen LogP contribution < -0.4 is 4.74 Å². The second-order valence-corrected chi connectivity index (χ2v) is 43.4. The third kappa shape index (κ3) is 15.7. The first kappa shape index (κ1) is 94.8. The Morgan fingerprint density at radius 2 is 0.676 bits per heavy atom. The molecule has 15 aliphatic rings. The molecule has 26 rings (SSSR count). The van der Waals surface area contributed by atoms with Crippen molar-refractivity contribution in [2.24, 2.45) is 88.8 Å². The number of aromatic amines is 5. The van der Waals surface area contributed by atoms with E-state index >= 15 is 0 Å². The van der Waals surface area contributed by atoms with Gasteiger partial charge in [-0.05, 0) is 236 Å². The lowest BCUT2D eigenvalue weighted by atomic mass is 9.73. The molecular weight excluding hydrogens is 1870 g/mol. The van der Waals surface area contributed by atoms with Crippen molar-refractivity contribution in [3.8, 4) is 11.5 Å². The zero-order valence-corrected chi connectivity index (χ0v) is 83.4. The third-order valence-corrected chi connectivity index (χ3v) is 36.2. The molecule has 15 heterocycles. The number of phenols is 1. The second-order valence-electron chi connectivity index (χ2n) is 42.5. The van der Waals surface area contributed by atoms with Gasteiger partial charge in [-0.15, -0.1) is 0 Å². The number of para-hydroxylation sites is 1. The van der Waals surface area contributed by atoms with Gasteiger partial charge in [0, 0.05) is 175 Å². The van der Waals surface area contributed by atoms with Crippen molar-refractivity contribution in [2.45, 2.75) is 173 Å². The van der Waals surface area contributed by atoms with Gasteiger partial charge in [0.25, 0.3) is 0 Å². The highest BCUT2D eigenvalue weighted by atomic mass is 79.9. The fraction of sp³-hybridized carbons (Fsp3) is 0.460. The van der Waals surface area contributed by atoms with Gasteiger partial charge in [0.2, 0.25) is 0 Å². The van der Waals surface area contributed by atoms with E-state index in [1.54, 1.807) is 12.1 Å². The minimum absolute atomic E-state index is 0.000768. The molecule has 25 atom stereocenters. The predicted molar refractivity (Wildman–Crippen MR) is 536 cm³/mol. The van der Waals surface area contributed by atoms with Crippen molar-refractivity contribution in [1.29, 1.82) is 0 Å². The number of fused-ring (bicyclic) bond motifs is 35. The summed E-state index contributed by atoms with van der Waals surface area (Å²) in [5.41, 5.74) is 23.2. The number of H-pyrrole nitrogens is 5. The Hall–Kier alpha value is -12.1. The van der Waals surface area contributed by atoms with Crippen LogP contribution in [0.3, 0.4) is 0 Å². The smallest absolute Gasteiger partial charge is 0.335 e. The van der Waals surface area contributed by atoms with E-state index < -0.39 is 24.4 Å². The fourth-order valence-corrected chi connectivity index (χ4v) is 29.2. The first-order valence-electron chi connectivity index (χ1n) is 50.6. The zero-order valence-electron chi connectivity index (χ0n) is 81.8. The number of aromatic hydroxyl groups is 1. The van der Waals surface area contributed by atoms with Crippen LogP contribution in [-0.2, 0) is 86.4 Å². The lowest BCUT2D eigenvalue weighted by Crippen LogP contribution is -2.44. The molecule has 5 aliphatic carbocycles. The lowest BCUT2D eigenvalue weighted by Gasteiger charge is -2.46. The van der Waals surface area contributed by atoms with Gasteiger partial charge in [0.15, 0.2) is 0 Å². The summed E-state index contributed by atoms with van der Waals surface area (Å²) in [7, 11) is 7.12. The minimum atomic E-state index is -0.459. The van der Waals surface area contributed by atoms with Gasteiger partial charge in [0.05, 0.1) is 130 Å². The highest BCUT2D eigenvalue weighted by Crippen LogP contribution is 2.62. The number of carbonyl (C=O) groups excluding carboxylic acids is 5. The average Bonchev–Trinajstić information content (AvgIpc) is 1.54. The number of hydrogen-bond acceptors (Lipinski definition) is 22. The molecule has 27 nitrogen and oxygen atoms in total. The van der Waals surface area contributed by atoms with Crippen LogP contribution in [0.25, 0.3) is 54.5 Å². The summed E-state index contributed by atoms with van der Waals surface area (Å²) < 4.78 is 46.8. The normalized spacial score (nSPS) is 30.9. The van der Waals surface area contributed by atoms with Crippen molar-refractivity contribution in [1.82, 2.24) is 49.4 Å². The van der Waals surface area contributed by atoms with Gasteiger partial charge in [-0.1, -0.05) is 105 Å². The van der Waals surface area contributed by atoms with Crippen molar-refractivity contribution >= 4 is 100 Å². The molecule has 0 unspecified atom stereocenters. The summed E-state index contributed by atoms with van der Waals surface area (Å²) in [4.78, 5) is 91.4. The molecule has 5 aromatic heterocycles. The number of benzene rings is 6. The van der Waals surface area contributed by atoms with Gasteiger partial charge < -0.3 is 108 Å². The molecule has 29 heteroatoms. The Morgan fingerprint density at radius 1 is 0.366 bits per heavy atom. The molecule has 142 heavy (non-hydrogen) atoms. The topological polar surface area (TPSA) is 357 Å². The largest absolute Gasteiger partial charge is 0.508 e. The molecular formula is C113H126BrFN10O17. The van der Waals surface area contributed by atoms with Gasteiger partial charge in [-0.2, -0.15) is 0 Å². The molecule has 0 saturated heterocycles. The average molecular weight is 2000 g/mol. The maximum atomic E-state index is 14.4. The molecule has 5 saturated carbocycles. The van der Waals surface area contributed by atoms with E-state index in [-0.39, 0.29) is 166 Å². The first-order chi connectivity index (χ1) is 68.5. The number of aliphatic hydroxyl groups is 5. The van der Waals surface area contributed by atoms with Crippen molar-refractivity contribution in [2.75, 3.05) is 68.3 Å². The molecule has 0 spiro atoms. The molecule has 0 amide bonds. The van der Waals surface area contributed by atoms with E-state index in [1.807, 2.05) is 80.4 Å². The van der Waals surface area contributed by atoms with Crippen LogP contribution in [0.15, 0.2) is 185 Å². The van der Waals surface area contributed by atoms with Crippen molar-refractivity contribution < 1.29 is 87.4 Å². The number of esters is 5. The summed E-state index contributed by atoms with van der Waals surface area (Å²) in [5.74, 6) is 0.716. The maximum Gasteiger partial charge on any atom is 0.335 e. The molecule has 11 N–H and O–H groups in total. The van der Waals surface area contributed by atoms with E-state index in [9.17, 15) is 59.0 Å². The van der Waals surface area contributed by atoms with Gasteiger partial charge in [-0.3, -0.25) is 0 Å². The fourth-order valence-electron chi connectivity index (χ4n) is 28.8. The number of ether oxygens (including phenoxy) is 6. The lowest BCUT2D eigenvalue weighted by molar-refractivity contribution is -0.138. The maximum absolute atomic E-state index is 14.4.